The zero-order valence-electron chi connectivity index (χ0n) is 8.87. The minimum absolute atomic E-state index is 0.177. The van der Waals surface area contributed by atoms with E-state index in [4.69, 9.17) is 11.6 Å². The molecule has 88 valence electrons. The second kappa shape index (κ2) is 4.97. The molecular weight excluding hydrogens is 242 g/mol. The maximum atomic E-state index is 11.7. The summed E-state index contributed by atoms with van der Waals surface area (Å²) in [7, 11) is 0. The Bertz CT molecular complexity index is 499. The predicted molar refractivity (Wildman–Crippen MR) is 64.9 cm³/mol. The van der Waals surface area contributed by atoms with Gasteiger partial charge in [0.15, 0.2) is 0 Å². The lowest BCUT2D eigenvalue weighted by molar-refractivity contribution is -0.121. The number of anilines is 1. The molecule has 2 N–H and O–H groups in total. The van der Waals surface area contributed by atoms with Gasteiger partial charge in [0, 0.05) is 23.6 Å². The number of hydrogen-bond acceptors (Lipinski definition) is 3. The van der Waals surface area contributed by atoms with E-state index < -0.39 is 0 Å². The summed E-state index contributed by atoms with van der Waals surface area (Å²) < 4.78 is 0. The first-order chi connectivity index (χ1) is 8.15. The highest BCUT2D eigenvalue weighted by molar-refractivity contribution is 6.43. The molecule has 0 bridgehead atoms. The molecule has 1 aliphatic heterocycles. The van der Waals surface area contributed by atoms with Gasteiger partial charge >= 0.3 is 0 Å². The van der Waals surface area contributed by atoms with Gasteiger partial charge < -0.3 is 5.32 Å². The topological polar surface area (TPSA) is 70.6 Å². The molecule has 0 spiro atoms. The summed E-state index contributed by atoms with van der Waals surface area (Å²) in [6.45, 7) is 0. The lowest BCUT2D eigenvalue weighted by Crippen LogP contribution is -2.32. The largest absolute Gasteiger partial charge is 0.321 e. The first-order valence-electron chi connectivity index (χ1n) is 5.07. The Morgan fingerprint density at radius 1 is 1.41 bits per heavy atom. The Morgan fingerprint density at radius 3 is 2.88 bits per heavy atom. The van der Waals surface area contributed by atoms with Gasteiger partial charge in [-0.3, -0.25) is 9.59 Å². The minimum atomic E-state index is -0.327. The number of nitrogens with one attached hydrogen (secondary N) is 2. The molecule has 6 heteroatoms. The number of carbonyl (C=O) groups excluding carboxylic acids is 2. The van der Waals surface area contributed by atoms with E-state index in [0.29, 0.717) is 22.8 Å². The molecule has 0 fully saturated rings. The van der Waals surface area contributed by atoms with Gasteiger partial charge in [0.1, 0.15) is 5.71 Å². The SMILES string of the molecule is O=C1CCC(C(=O)Nc2cccc(Cl)c2)=NN1. The predicted octanol–water partition coefficient (Wildman–Crippen LogP) is 1.54. The van der Waals surface area contributed by atoms with E-state index in [2.05, 4.69) is 15.8 Å². The van der Waals surface area contributed by atoms with Gasteiger partial charge in [-0.25, -0.2) is 5.43 Å². The molecule has 0 saturated heterocycles. The van der Waals surface area contributed by atoms with Crippen molar-refractivity contribution in [2.24, 2.45) is 5.10 Å². The molecule has 0 aromatic heterocycles. The van der Waals surface area contributed by atoms with Crippen LogP contribution in [0.25, 0.3) is 0 Å². The van der Waals surface area contributed by atoms with Crippen molar-refractivity contribution in [3.05, 3.63) is 29.3 Å². The van der Waals surface area contributed by atoms with Crippen molar-refractivity contribution in [2.75, 3.05) is 5.32 Å². The van der Waals surface area contributed by atoms with Gasteiger partial charge in [0.25, 0.3) is 5.91 Å². The molecule has 17 heavy (non-hydrogen) atoms. The van der Waals surface area contributed by atoms with Crippen LogP contribution in [-0.2, 0) is 9.59 Å². The van der Waals surface area contributed by atoms with Crippen LogP contribution in [0.3, 0.4) is 0 Å². The van der Waals surface area contributed by atoms with E-state index in [-0.39, 0.29) is 18.2 Å². The summed E-state index contributed by atoms with van der Waals surface area (Å²) in [5.74, 6) is -0.503. The Kier molecular flexibility index (Phi) is 3.39. The highest BCUT2D eigenvalue weighted by atomic mass is 35.5. The van der Waals surface area contributed by atoms with Gasteiger partial charge in [-0.15, -0.1) is 0 Å². The van der Waals surface area contributed by atoms with Crippen LogP contribution in [0.4, 0.5) is 5.69 Å². The quantitative estimate of drug-likeness (QED) is 0.837. The van der Waals surface area contributed by atoms with Crippen molar-refractivity contribution in [3.8, 4) is 0 Å². The summed E-state index contributed by atoms with van der Waals surface area (Å²) in [6, 6.07) is 6.82. The van der Waals surface area contributed by atoms with Crippen LogP contribution in [0, 0.1) is 0 Å². The van der Waals surface area contributed by atoms with E-state index in [0.717, 1.165) is 0 Å². The van der Waals surface area contributed by atoms with Gasteiger partial charge in [-0.1, -0.05) is 17.7 Å². The Morgan fingerprint density at radius 2 is 2.24 bits per heavy atom. The molecule has 0 unspecified atom stereocenters. The second-order valence-corrected chi connectivity index (χ2v) is 3.99. The fourth-order valence-electron chi connectivity index (χ4n) is 1.41. The molecule has 0 saturated carbocycles. The number of benzene rings is 1. The minimum Gasteiger partial charge on any atom is -0.321 e. The zero-order valence-corrected chi connectivity index (χ0v) is 9.62. The molecule has 1 heterocycles. The third kappa shape index (κ3) is 3.04. The smallest absolute Gasteiger partial charge is 0.271 e. The second-order valence-electron chi connectivity index (χ2n) is 3.56. The monoisotopic (exact) mass is 251 g/mol. The maximum Gasteiger partial charge on any atom is 0.271 e. The van der Waals surface area contributed by atoms with Crippen LogP contribution >= 0.6 is 11.6 Å². The highest BCUT2D eigenvalue weighted by Gasteiger charge is 2.18. The van der Waals surface area contributed by atoms with Crippen LogP contribution in [0.15, 0.2) is 29.4 Å². The molecule has 0 atom stereocenters. The molecule has 0 aliphatic carbocycles. The summed E-state index contributed by atoms with van der Waals surface area (Å²) >= 11 is 5.79. The average Bonchev–Trinajstić information content (AvgIpc) is 2.29. The van der Waals surface area contributed by atoms with E-state index in [1.165, 1.54) is 0 Å². The first-order valence-corrected chi connectivity index (χ1v) is 5.45. The lowest BCUT2D eigenvalue weighted by atomic mass is 10.1. The van der Waals surface area contributed by atoms with Gasteiger partial charge in [0.05, 0.1) is 0 Å². The van der Waals surface area contributed by atoms with Crippen LogP contribution in [-0.4, -0.2) is 17.5 Å². The fourth-order valence-corrected chi connectivity index (χ4v) is 1.60. The standard InChI is InChI=1S/C11H10ClN3O2/c12-7-2-1-3-8(6-7)13-11(17)9-4-5-10(16)15-14-9/h1-3,6H,4-5H2,(H,13,17)(H,15,16). The molecule has 1 aromatic carbocycles. The lowest BCUT2D eigenvalue weighted by Gasteiger charge is -2.11. The summed E-state index contributed by atoms with van der Waals surface area (Å²) in [5.41, 5.74) is 3.18. The number of nitrogens with zero attached hydrogens (tertiary/aromatic N) is 1. The van der Waals surface area contributed by atoms with Crippen molar-refractivity contribution in [2.45, 2.75) is 12.8 Å². The van der Waals surface area contributed by atoms with Crippen molar-refractivity contribution < 1.29 is 9.59 Å². The Balaban J connectivity index is 2.04. The average molecular weight is 252 g/mol. The molecule has 5 nitrogen and oxygen atoms in total. The summed E-state index contributed by atoms with van der Waals surface area (Å²) in [4.78, 5) is 22.6. The van der Waals surface area contributed by atoms with Crippen LogP contribution < -0.4 is 10.7 Å². The number of rotatable bonds is 2. The van der Waals surface area contributed by atoms with Crippen LogP contribution in [0.5, 0.6) is 0 Å². The zero-order chi connectivity index (χ0) is 12.3. The molecule has 2 amide bonds. The van der Waals surface area contributed by atoms with Crippen LogP contribution in [0.2, 0.25) is 5.02 Å². The third-order valence-electron chi connectivity index (χ3n) is 2.25. The van der Waals surface area contributed by atoms with E-state index in [1.54, 1.807) is 24.3 Å². The third-order valence-corrected chi connectivity index (χ3v) is 2.48. The van der Waals surface area contributed by atoms with E-state index in [1.807, 2.05) is 0 Å². The summed E-state index contributed by atoms with van der Waals surface area (Å²) in [5, 5.41) is 6.91. The van der Waals surface area contributed by atoms with Crippen LogP contribution in [0.1, 0.15) is 12.8 Å². The number of hydrogen-bond donors (Lipinski definition) is 2. The number of carbonyl (C=O) groups is 2. The van der Waals surface area contributed by atoms with Crippen molar-refractivity contribution in [1.82, 2.24) is 5.43 Å². The highest BCUT2D eigenvalue weighted by Crippen LogP contribution is 2.15. The number of halogens is 1. The van der Waals surface area contributed by atoms with E-state index in [9.17, 15) is 9.59 Å². The molecular formula is C11H10ClN3O2. The fraction of sp³-hybridized carbons (Fsp3) is 0.182. The van der Waals surface area contributed by atoms with Gasteiger partial charge in [0.2, 0.25) is 5.91 Å². The van der Waals surface area contributed by atoms with Gasteiger partial charge in [-0.2, -0.15) is 5.10 Å². The maximum absolute atomic E-state index is 11.7. The normalized spacial score (nSPS) is 14.9. The van der Waals surface area contributed by atoms with Gasteiger partial charge in [-0.05, 0) is 18.2 Å². The molecule has 0 radical (unpaired) electrons. The first kappa shape index (κ1) is 11.6. The Labute approximate surface area is 103 Å². The molecule has 1 aliphatic rings. The number of hydrazone groups is 1. The van der Waals surface area contributed by atoms with Crippen molar-refractivity contribution in [3.63, 3.8) is 0 Å². The molecule has 1 aromatic rings. The Hall–Kier alpha value is -1.88. The van der Waals surface area contributed by atoms with E-state index >= 15 is 0 Å². The molecule has 2 rings (SSSR count). The van der Waals surface area contributed by atoms with Crippen molar-refractivity contribution in [1.29, 1.82) is 0 Å². The number of amides is 2. The summed E-state index contributed by atoms with van der Waals surface area (Å²) in [6.07, 6.45) is 0.625. The van der Waals surface area contributed by atoms with Crippen molar-refractivity contribution >= 4 is 34.8 Å².